The molecule has 1 aromatic rings. The number of nitro groups is 1. The number of rotatable bonds is 5. The van der Waals surface area contributed by atoms with Gasteiger partial charge in [0.25, 0.3) is 11.6 Å². The summed E-state index contributed by atoms with van der Waals surface area (Å²) in [7, 11) is 1.42. The minimum Gasteiger partial charge on any atom is -0.493 e. The van der Waals surface area contributed by atoms with E-state index in [-0.39, 0.29) is 29.5 Å². The van der Waals surface area contributed by atoms with Gasteiger partial charge in [0, 0.05) is 11.6 Å². The smallest absolute Gasteiger partial charge is 0.273 e. The molecule has 0 saturated heterocycles. The third-order valence-corrected chi connectivity index (χ3v) is 2.23. The molecule has 7 heteroatoms. The first-order chi connectivity index (χ1) is 9.23. The van der Waals surface area contributed by atoms with Crippen LogP contribution in [0.15, 0.2) is 18.2 Å². The van der Waals surface area contributed by atoms with E-state index in [1.54, 1.807) is 0 Å². The minimum absolute atomic E-state index is 0.128. The molecule has 0 bridgehead atoms. The van der Waals surface area contributed by atoms with Crippen molar-refractivity contribution in [3.05, 3.63) is 28.3 Å². The van der Waals surface area contributed by atoms with Gasteiger partial charge in [0.2, 0.25) is 0 Å². The van der Waals surface area contributed by atoms with E-state index in [0.29, 0.717) is 5.75 Å². The average Bonchev–Trinajstić information content (AvgIpc) is 2.33. The molecule has 0 spiro atoms. The molecule has 1 N–H and O–H groups in total. The summed E-state index contributed by atoms with van der Waals surface area (Å²) in [6.45, 7) is 5.30. The number of carbonyl (C=O) groups is 1. The Labute approximate surface area is 117 Å². The van der Waals surface area contributed by atoms with Crippen molar-refractivity contribution in [2.75, 3.05) is 13.7 Å². The molecule has 110 valence electrons. The number of hydrogen-bond donors (Lipinski definition) is 1. The minimum atomic E-state index is -0.540. The summed E-state index contributed by atoms with van der Waals surface area (Å²) in [5.41, 5.74) is -0.496. The first-order valence-corrected chi connectivity index (χ1v) is 5.99. The van der Waals surface area contributed by atoms with E-state index in [9.17, 15) is 14.9 Å². The van der Waals surface area contributed by atoms with Gasteiger partial charge in [-0.15, -0.1) is 0 Å². The van der Waals surface area contributed by atoms with Crippen molar-refractivity contribution < 1.29 is 19.2 Å². The van der Waals surface area contributed by atoms with Crippen LogP contribution in [-0.2, 0) is 4.79 Å². The summed E-state index contributed by atoms with van der Waals surface area (Å²) in [4.78, 5) is 21.8. The SMILES string of the molecule is COc1ccc([N+](=O)[O-])cc1OCC(=O)NC(C)(C)C. The van der Waals surface area contributed by atoms with E-state index < -0.39 is 4.92 Å². The van der Waals surface area contributed by atoms with Gasteiger partial charge >= 0.3 is 0 Å². The molecule has 0 aliphatic rings. The molecular formula is C13H18N2O5. The van der Waals surface area contributed by atoms with Crippen molar-refractivity contribution in [3.8, 4) is 11.5 Å². The van der Waals surface area contributed by atoms with Gasteiger partial charge in [0.15, 0.2) is 18.1 Å². The fraction of sp³-hybridized carbons (Fsp3) is 0.462. The normalized spacial score (nSPS) is 10.8. The lowest BCUT2D eigenvalue weighted by Crippen LogP contribution is -2.43. The van der Waals surface area contributed by atoms with Crippen molar-refractivity contribution >= 4 is 11.6 Å². The molecule has 1 aromatic carbocycles. The summed E-state index contributed by atoms with van der Waals surface area (Å²) in [6.07, 6.45) is 0. The van der Waals surface area contributed by atoms with Crippen molar-refractivity contribution in [1.29, 1.82) is 0 Å². The predicted molar refractivity (Wildman–Crippen MR) is 73.0 cm³/mol. The van der Waals surface area contributed by atoms with E-state index in [0.717, 1.165) is 0 Å². The molecule has 1 rings (SSSR count). The number of nitrogens with zero attached hydrogens (tertiary/aromatic N) is 1. The van der Waals surface area contributed by atoms with Gasteiger partial charge in [-0.1, -0.05) is 0 Å². The highest BCUT2D eigenvalue weighted by Crippen LogP contribution is 2.30. The van der Waals surface area contributed by atoms with Crippen LogP contribution < -0.4 is 14.8 Å². The van der Waals surface area contributed by atoms with Gasteiger partial charge < -0.3 is 14.8 Å². The number of hydrogen-bond acceptors (Lipinski definition) is 5. The van der Waals surface area contributed by atoms with E-state index in [1.807, 2.05) is 20.8 Å². The standard InChI is InChI=1S/C13H18N2O5/c1-13(2,3)14-12(16)8-20-11-7-9(15(17)18)5-6-10(11)19-4/h5-7H,8H2,1-4H3,(H,14,16). The van der Waals surface area contributed by atoms with Crippen molar-refractivity contribution in [2.24, 2.45) is 0 Å². The van der Waals surface area contributed by atoms with Gasteiger partial charge in [-0.2, -0.15) is 0 Å². The number of nitro benzene ring substituents is 1. The Kier molecular flexibility index (Phi) is 4.90. The molecule has 0 aromatic heterocycles. The number of benzene rings is 1. The maximum absolute atomic E-state index is 11.6. The molecule has 7 nitrogen and oxygen atoms in total. The highest BCUT2D eigenvalue weighted by Gasteiger charge is 2.16. The van der Waals surface area contributed by atoms with Crippen LogP contribution in [0.2, 0.25) is 0 Å². The molecular weight excluding hydrogens is 264 g/mol. The molecule has 0 unspecified atom stereocenters. The van der Waals surface area contributed by atoms with Gasteiger partial charge in [-0.3, -0.25) is 14.9 Å². The zero-order valence-electron chi connectivity index (χ0n) is 11.9. The third kappa shape index (κ3) is 4.75. The van der Waals surface area contributed by atoms with Crippen LogP contribution in [0.3, 0.4) is 0 Å². The highest BCUT2D eigenvalue weighted by atomic mass is 16.6. The Balaban J connectivity index is 2.78. The van der Waals surface area contributed by atoms with E-state index in [4.69, 9.17) is 9.47 Å². The quantitative estimate of drug-likeness (QED) is 0.658. The van der Waals surface area contributed by atoms with Gasteiger partial charge in [-0.05, 0) is 26.8 Å². The maximum Gasteiger partial charge on any atom is 0.273 e. The Morgan fingerprint density at radius 3 is 2.50 bits per heavy atom. The molecule has 1 amide bonds. The Morgan fingerprint density at radius 1 is 1.35 bits per heavy atom. The summed E-state index contributed by atoms with van der Waals surface area (Å²) in [5, 5.41) is 13.4. The second-order valence-electron chi connectivity index (χ2n) is 5.18. The fourth-order valence-corrected chi connectivity index (χ4v) is 1.49. The molecule has 0 heterocycles. The zero-order chi connectivity index (χ0) is 15.3. The number of nitrogens with one attached hydrogen (secondary N) is 1. The van der Waals surface area contributed by atoms with Crippen LogP contribution in [0.4, 0.5) is 5.69 Å². The number of non-ortho nitro benzene ring substituents is 1. The van der Waals surface area contributed by atoms with Crippen LogP contribution in [-0.4, -0.2) is 30.1 Å². The molecule has 0 atom stereocenters. The topological polar surface area (TPSA) is 90.7 Å². The second-order valence-corrected chi connectivity index (χ2v) is 5.18. The Bertz CT molecular complexity index is 508. The van der Waals surface area contributed by atoms with Crippen LogP contribution >= 0.6 is 0 Å². The van der Waals surface area contributed by atoms with E-state index in [1.165, 1.54) is 25.3 Å². The van der Waals surface area contributed by atoms with Crippen molar-refractivity contribution in [2.45, 2.75) is 26.3 Å². The second kappa shape index (κ2) is 6.23. The first-order valence-electron chi connectivity index (χ1n) is 5.99. The van der Waals surface area contributed by atoms with Gasteiger partial charge in [0.1, 0.15) is 0 Å². The summed E-state index contributed by atoms with van der Waals surface area (Å²) < 4.78 is 10.3. The number of ether oxygens (including phenoxy) is 2. The molecule has 0 radical (unpaired) electrons. The number of carbonyl (C=O) groups excluding carboxylic acids is 1. The Morgan fingerprint density at radius 2 is 2.00 bits per heavy atom. The molecule has 20 heavy (non-hydrogen) atoms. The van der Waals surface area contributed by atoms with Gasteiger partial charge in [-0.25, -0.2) is 0 Å². The van der Waals surface area contributed by atoms with Crippen LogP contribution in [0.5, 0.6) is 11.5 Å². The fourth-order valence-electron chi connectivity index (χ4n) is 1.49. The zero-order valence-corrected chi connectivity index (χ0v) is 11.9. The van der Waals surface area contributed by atoms with E-state index in [2.05, 4.69) is 5.32 Å². The molecule has 0 aliphatic heterocycles. The monoisotopic (exact) mass is 282 g/mol. The maximum atomic E-state index is 11.6. The molecule has 0 fully saturated rings. The van der Waals surface area contributed by atoms with Crippen molar-refractivity contribution in [1.82, 2.24) is 5.32 Å². The van der Waals surface area contributed by atoms with Crippen LogP contribution in [0.25, 0.3) is 0 Å². The summed E-state index contributed by atoms with van der Waals surface area (Å²) in [6, 6.07) is 3.96. The lowest BCUT2D eigenvalue weighted by molar-refractivity contribution is -0.385. The third-order valence-electron chi connectivity index (χ3n) is 2.23. The molecule has 0 saturated carbocycles. The van der Waals surface area contributed by atoms with Crippen LogP contribution in [0.1, 0.15) is 20.8 Å². The Hall–Kier alpha value is -2.31. The van der Waals surface area contributed by atoms with Crippen LogP contribution in [0, 0.1) is 10.1 Å². The largest absolute Gasteiger partial charge is 0.493 e. The average molecular weight is 282 g/mol. The molecule has 0 aliphatic carbocycles. The summed E-state index contributed by atoms with van der Waals surface area (Å²) >= 11 is 0. The highest BCUT2D eigenvalue weighted by molar-refractivity contribution is 5.78. The van der Waals surface area contributed by atoms with E-state index >= 15 is 0 Å². The predicted octanol–water partition coefficient (Wildman–Crippen LogP) is 1.90. The van der Waals surface area contributed by atoms with Crippen molar-refractivity contribution in [3.63, 3.8) is 0 Å². The summed E-state index contributed by atoms with van der Waals surface area (Å²) in [5.74, 6) is 0.177. The lowest BCUT2D eigenvalue weighted by atomic mass is 10.1. The van der Waals surface area contributed by atoms with Gasteiger partial charge in [0.05, 0.1) is 18.1 Å². The number of amides is 1. The lowest BCUT2D eigenvalue weighted by Gasteiger charge is -2.20. The first kappa shape index (κ1) is 15.7. The number of methoxy groups -OCH3 is 1.